The molecule has 3 rings (SSSR count). The first-order chi connectivity index (χ1) is 11.8. The first kappa shape index (κ1) is 16.8. The van der Waals surface area contributed by atoms with Gasteiger partial charge in [-0.2, -0.15) is 18.2 Å². The zero-order valence-corrected chi connectivity index (χ0v) is 13.0. The molecule has 128 valence electrons. The maximum Gasteiger partial charge on any atom is 0.416 e. The van der Waals surface area contributed by atoms with Gasteiger partial charge in [0.05, 0.1) is 15.9 Å². The van der Waals surface area contributed by atoms with Crippen molar-refractivity contribution in [3.05, 3.63) is 68.5 Å². The molecule has 0 fully saturated rings. The van der Waals surface area contributed by atoms with Gasteiger partial charge in [-0.05, 0) is 18.2 Å². The normalized spacial score (nSPS) is 11.5. The van der Waals surface area contributed by atoms with Crippen LogP contribution in [-0.2, 0) is 6.18 Å². The van der Waals surface area contributed by atoms with Gasteiger partial charge in [0.15, 0.2) is 5.13 Å². The number of hydrogen-bond donors (Lipinski definition) is 1. The Labute approximate surface area is 141 Å². The van der Waals surface area contributed by atoms with Crippen LogP contribution < -0.4 is 10.9 Å². The van der Waals surface area contributed by atoms with Crippen molar-refractivity contribution in [2.45, 2.75) is 6.18 Å². The fraction of sp³-hybridized carbons (Fsp3) is 0.0667. The summed E-state index contributed by atoms with van der Waals surface area (Å²) in [6.45, 7) is 0. The fourth-order valence-corrected chi connectivity index (χ4v) is 3.13. The third kappa shape index (κ3) is 3.43. The number of benzene rings is 2. The number of aromatic nitrogens is 1. The van der Waals surface area contributed by atoms with E-state index in [0.29, 0.717) is 17.8 Å². The zero-order chi connectivity index (χ0) is 18.2. The minimum Gasteiger partial charge on any atom is -0.331 e. The van der Waals surface area contributed by atoms with Crippen molar-refractivity contribution in [2.24, 2.45) is 0 Å². The van der Waals surface area contributed by atoms with E-state index in [4.69, 9.17) is 0 Å². The Balaban J connectivity index is 2.22. The molecule has 0 aliphatic carbocycles. The molecule has 3 aromatic rings. The van der Waals surface area contributed by atoms with Gasteiger partial charge in [-0.1, -0.05) is 29.5 Å². The smallest absolute Gasteiger partial charge is 0.331 e. The SMILES string of the molecule is O=c1nc(Nc2ccccc2)sc2c([N+](=O)[O-])cc(C(F)(F)F)cc12. The van der Waals surface area contributed by atoms with Gasteiger partial charge in [0.25, 0.3) is 11.2 Å². The third-order valence-electron chi connectivity index (χ3n) is 3.25. The maximum atomic E-state index is 12.9. The van der Waals surface area contributed by atoms with E-state index in [2.05, 4.69) is 10.3 Å². The number of para-hydroxylation sites is 1. The lowest BCUT2D eigenvalue weighted by Crippen LogP contribution is -2.12. The first-order valence-corrected chi connectivity index (χ1v) is 7.60. The van der Waals surface area contributed by atoms with E-state index < -0.39 is 33.3 Å². The standard InChI is InChI=1S/C15H8F3N3O3S/c16-15(17,18)8-6-10-12(11(7-8)21(23)24)25-14(20-13(10)22)19-9-4-2-1-3-5-9/h1-7H,(H,19,20,22). The quantitative estimate of drug-likeness (QED) is 0.550. The lowest BCUT2D eigenvalue weighted by atomic mass is 10.1. The fourth-order valence-electron chi connectivity index (χ4n) is 2.15. The highest BCUT2D eigenvalue weighted by molar-refractivity contribution is 7.22. The number of alkyl halides is 3. The third-order valence-corrected chi connectivity index (χ3v) is 4.27. The first-order valence-electron chi connectivity index (χ1n) is 6.78. The highest BCUT2D eigenvalue weighted by atomic mass is 32.1. The lowest BCUT2D eigenvalue weighted by molar-refractivity contribution is -0.383. The molecular weight excluding hydrogens is 359 g/mol. The van der Waals surface area contributed by atoms with Crippen molar-refractivity contribution < 1.29 is 18.1 Å². The summed E-state index contributed by atoms with van der Waals surface area (Å²) < 4.78 is 38.5. The Bertz CT molecular complexity index is 1020. The summed E-state index contributed by atoms with van der Waals surface area (Å²) in [7, 11) is 0. The van der Waals surface area contributed by atoms with Gasteiger partial charge in [-0.25, -0.2) is 0 Å². The molecule has 0 atom stereocenters. The molecule has 10 heteroatoms. The van der Waals surface area contributed by atoms with Crippen LogP contribution in [0.3, 0.4) is 0 Å². The molecule has 0 amide bonds. The van der Waals surface area contributed by atoms with Crippen molar-refractivity contribution in [2.75, 3.05) is 5.32 Å². The summed E-state index contributed by atoms with van der Waals surface area (Å²) in [6, 6.07) is 9.60. The van der Waals surface area contributed by atoms with Crippen LogP contribution in [0.15, 0.2) is 47.3 Å². The average Bonchev–Trinajstić information content (AvgIpc) is 2.54. The van der Waals surface area contributed by atoms with Crippen molar-refractivity contribution in [3.8, 4) is 0 Å². The number of anilines is 2. The van der Waals surface area contributed by atoms with Crippen LogP contribution in [0.5, 0.6) is 0 Å². The predicted octanol–water partition coefficient (Wildman–Crippen LogP) is 4.33. The second-order valence-electron chi connectivity index (χ2n) is 4.94. The second kappa shape index (κ2) is 6.13. The number of nitrogens with one attached hydrogen (secondary N) is 1. The molecular formula is C15H8F3N3O3S. The van der Waals surface area contributed by atoms with Crippen LogP contribution in [0.4, 0.5) is 29.7 Å². The van der Waals surface area contributed by atoms with Crippen LogP contribution in [0, 0.1) is 10.1 Å². The van der Waals surface area contributed by atoms with Gasteiger partial charge < -0.3 is 5.32 Å². The highest BCUT2D eigenvalue weighted by Crippen LogP contribution is 2.38. The number of nitro benzene ring substituents is 1. The molecule has 0 unspecified atom stereocenters. The second-order valence-corrected chi connectivity index (χ2v) is 5.94. The van der Waals surface area contributed by atoms with Crippen molar-refractivity contribution in [1.82, 2.24) is 4.98 Å². The van der Waals surface area contributed by atoms with Gasteiger partial charge in [-0.3, -0.25) is 14.9 Å². The van der Waals surface area contributed by atoms with Crippen LogP contribution in [0.2, 0.25) is 0 Å². The van der Waals surface area contributed by atoms with Crippen molar-refractivity contribution >= 4 is 37.9 Å². The minimum absolute atomic E-state index is 0.0477. The Morgan fingerprint density at radius 2 is 1.84 bits per heavy atom. The number of rotatable bonds is 3. The van der Waals surface area contributed by atoms with Crippen LogP contribution >= 0.6 is 11.3 Å². The molecule has 1 N–H and O–H groups in total. The molecule has 0 bridgehead atoms. The van der Waals surface area contributed by atoms with Gasteiger partial charge in [0, 0.05) is 11.8 Å². The van der Waals surface area contributed by atoms with Crippen LogP contribution in [0.25, 0.3) is 10.1 Å². The summed E-state index contributed by atoms with van der Waals surface area (Å²) in [5, 5.41) is 13.6. The van der Waals surface area contributed by atoms with Crippen molar-refractivity contribution in [3.63, 3.8) is 0 Å². The predicted molar refractivity (Wildman–Crippen MR) is 87.3 cm³/mol. The van der Waals surface area contributed by atoms with E-state index in [1.54, 1.807) is 30.3 Å². The largest absolute Gasteiger partial charge is 0.416 e. The minimum atomic E-state index is -4.81. The molecule has 0 saturated carbocycles. The molecule has 1 aromatic heterocycles. The number of hydrogen-bond acceptors (Lipinski definition) is 6. The highest BCUT2D eigenvalue weighted by Gasteiger charge is 2.34. The molecule has 0 aliphatic rings. The Morgan fingerprint density at radius 3 is 2.44 bits per heavy atom. The molecule has 0 spiro atoms. The van der Waals surface area contributed by atoms with E-state index in [0.717, 1.165) is 11.3 Å². The van der Waals surface area contributed by atoms with E-state index in [9.17, 15) is 28.1 Å². The van der Waals surface area contributed by atoms with Gasteiger partial charge in [0.1, 0.15) is 4.70 Å². The molecule has 1 heterocycles. The summed E-state index contributed by atoms with van der Waals surface area (Å²) >= 11 is 0.739. The van der Waals surface area contributed by atoms with Crippen LogP contribution in [-0.4, -0.2) is 9.91 Å². The maximum absolute atomic E-state index is 12.9. The number of non-ortho nitro benzene ring substituents is 1. The van der Waals surface area contributed by atoms with E-state index in [-0.39, 0.29) is 9.83 Å². The van der Waals surface area contributed by atoms with E-state index in [1.165, 1.54) is 0 Å². The van der Waals surface area contributed by atoms with Crippen LogP contribution in [0.1, 0.15) is 5.56 Å². The molecule has 0 saturated heterocycles. The van der Waals surface area contributed by atoms with Crippen molar-refractivity contribution in [1.29, 1.82) is 0 Å². The Morgan fingerprint density at radius 1 is 1.16 bits per heavy atom. The number of nitro groups is 1. The zero-order valence-electron chi connectivity index (χ0n) is 12.2. The van der Waals surface area contributed by atoms with Gasteiger partial charge >= 0.3 is 6.18 Å². The summed E-state index contributed by atoms with van der Waals surface area (Å²) in [5.41, 5.74) is -2.44. The number of fused-ring (bicyclic) bond motifs is 1. The molecule has 6 nitrogen and oxygen atoms in total. The molecule has 25 heavy (non-hydrogen) atoms. The summed E-state index contributed by atoms with van der Waals surface area (Å²) in [5.74, 6) is 0. The topological polar surface area (TPSA) is 85.1 Å². The van der Waals surface area contributed by atoms with Gasteiger partial charge in [0.2, 0.25) is 0 Å². The van der Waals surface area contributed by atoms with Gasteiger partial charge in [-0.15, -0.1) is 0 Å². The molecule has 2 aromatic carbocycles. The lowest BCUT2D eigenvalue weighted by Gasteiger charge is -2.09. The summed E-state index contributed by atoms with van der Waals surface area (Å²) in [6.07, 6.45) is -4.81. The number of halogens is 3. The monoisotopic (exact) mass is 367 g/mol. The Hall–Kier alpha value is -3.01. The molecule has 0 radical (unpaired) electrons. The number of nitrogens with zero attached hydrogens (tertiary/aromatic N) is 2. The van der Waals surface area contributed by atoms with E-state index in [1.807, 2.05) is 0 Å². The molecule has 0 aliphatic heterocycles. The Kier molecular flexibility index (Phi) is 4.13. The van der Waals surface area contributed by atoms with E-state index >= 15 is 0 Å². The average molecular weight is 367 g/mol. The summed E-state index contributed by atoms with van der Waals surface area (Å²) in [4.78, 5) is 26.0.